The molecule has 0 aromatic heterocycles. The Morgan fingerprint density at radius 2 is 1.68 bits per heavy atom. The molecule has 0 fully saturated rings. The number of halogens is 2. The summed E-state index contributed by atoms with van der Waals surface area (Å²) >= 11 is 12.0. The summed E-state index contributed by atoms with van der Waals surface area (Å²) in [5.74, 6) is 0. The summed E-state index contributed by atoms with van der Waals surface area (Å²) < 4.78 is 0. The molecule has 3 heteroatoms. The van der Waals surface area contributed by atoms with E-state index in [2.05, 4.69) is 12.1 Å². The first-order chi connectivity index (χ1) is 9.04. The van der Waals surface area contributed by atoms with Gasteiger partial charge in [-0.15, -0.1) is 0 Å². The van der Waals surface area contributed by atoms with Gasteiger partial charge in [0.1, 0.15) is 0 Å². The highest BCUT2D eigenvalue weighted by atomic mass is 35.5. The maximum Gasteiger partial charge on any atom is 0.0621 e. The van der Waals surface area contributed by atoms with Crippen molar-refractivity contribution in [3.05, 3.63) is 69.2 Å². The standard InChI is InChI=1S/C16H16Cl2O/c1-11-2-4-12(5-3-11)8-15(19)9-13-6-7-14(17)10-16(13)18/h2-7,10,15,19H,8-9H2,1H3. The van der Waals surface area contributed by atoms with E-state index in [4.69, 9.17) is 23.2 Å². The van der Waals surface area contributed by atoms with Crippen molar-refractivity contribution in [3.63, 3.8) is 0 Å². The zero-order chi connectivity index (χ0) is 13.8. The molecule has 0 aliphatic carbocycles. The second-order valence-electron chi connectivity index (χ2n) is 4.78. The molecular formula is C16H16Cl2O. The molecule has 19 heavy (non-hydrogen) atoms. The van der Waals surface area contributed by atoms with Crippen molar-refractivity contribution in [2.75, 3.05) is 0 Å². The van der Waals surface area contributed by atoms with Gasteiger partial charge in [0, 0.05) is 16.5 Å². The van der Waals surface area contributed by atoms with Crippen LogP contribution < -0.4 is 0 Å². The summed E-state index contributed by atoms with van der Waals surface area (Å²) in [6, 6.07) is 13.6. The molecule has 1 atom stereocenters. The van der Waals surface area contributed by atoms with Crippen LogP contribution in [0.25, 0.3) is 0 Å². The molecule has 1 N–H and O–H groups in total. The SMILES string of the molecule is Cc1ccc(CC(O)Cc2ccc(Cl)cc2Cl)cc1. The highest BCUT2D eigenvalue weighted by Gasteiger charge is 2.10. The van der Waals surface area contributed by atoms with Crippen molar-refractivity contribution in [2.45, 2.75) is 25.9 Å². The molecule has 100 valence electrons. The molecule has 0 aliphatic rings. The van der Waals surface area contributed by atoms with Gasteiger partial charge in [0.25, 0.3) is 0 Å². The maximum absolute atomic E-state index is 10.1. The van der Waals surface area contributed by atoms with Crippen LogP contribution in [0.4, 0.5) is 0 Å². The zero-order valence-electron chi connectivity index (χ0n) is 10.7. The van der Waals surface area contributed by atoms with Gasteiger partial charge in [-0.3, -0.25) is 0 Å². The Balaban J connectivity index is 2.01. The van der Waals surface area contributed by atoms with E-state index in [-0.39, 0.29) is 0 Å². The highest BCUT2D eigenvalue weighted by Crippen LogP contribution is 2.22. The van der Waals surface area contributed by atoms with E-state index in [0.717, 1.165) is 11.1 Å². The molecule has 1 nitrogen and oxygen atoms in total. The Morgan fingerprint density at radius 3 is 2.32 bits per heavy atom. The predicted octanol–water partition coefficient (Wildman–Crippen LogP) is 4.45. The number of hydrogen-bond acceptors (Lipinski definition) is 1. The average molecular weight is 295 g/mol. The molecular weight excluding hydrogens is 279 g/mol. The van der Waals surface area contributed by atoms with Crippen LogP contribution in [-0.2, 0) is 12.8 Å². The minimum atomic E-state index is -0.443. The third kappa shape index (κ3) is 4.24. The van der Waals surface area contributed by atoms with Crippen molar-refractivity contribution < 1.29 is 5.11 Å². The molecule has 0 radical (unpaired) electrons. The third-order valence-corrected chi connectivity index (χ3v) is 3.65. The van der Waals surface area contributed by atoms with Gasteiger partial charge in [-0.2, -0.15) is 0 Å². The summed E-state index contributed by atoms with van der Waals surface area (Å²) in [5.41, 5.74) is 3.27. The Kier molecular flexibility index (Phi) is 4.87. The number of hydrogen-bond donors (Lipinski definition) is 1. The van der Waals surface area contributed by atoms with Crippen LogP contribution in [-0.4, -0.2) is 11.2 Å². The van der Waals surface area contributed by atoms with Crippen molar-refractivity contribution in [1.82, 2.24) is 0 Å². The molecule has 0 heterocycles. The van der Waals surface area contributed by atoms with Crippen LogP contribution in [0.1, 0.15) is 16.7 Å². The molecule has 2 aromatic rings. The lowest BCUT2D eigenvalue weighted by Gasteiger charge is -2.12. The van der Waals surface area contributed by atoms with Gasteiger partial charge in [0.2, 0.25) is 0 Å². The van der Waals surface area contributed by atoms with Gasteiger partial charge in [-0.25, -0.2) is 0 Å². The number of aryl methyl sites for hydroxylation is 1. The first kappa shape index (κ1) is 14.4. The number of rotatable bonds is 4. The Hall–Kier alpha value is -1.02. The smallest absolute Gasteiger partial charge is 0.0621 e. The fourth-order valence-electron chi connectivity index (χ4n) is 2.01. The first-order valence-electron chi connectivity index (χ1n) is 6.22. The van der Waals surface area contributed by atoms with Gasteiger partial charge in [0.05, 0.1) is 6.10 Å². The maximum atomic E-state index is 10.1. The molecule has 0 spiro atoms. The van der Waals surface area contributed by atoms with Crippen molar-refractivity contribution in [1.29, 1.82) is 0 Å². The summed E-state index contributed by atoms with van der Waals surface area (Å²) in [6.07, 6.45) is 0.713. The van der Waals surface area contributed by atoms with Crippen LogP contribution in [0, 0.1) is 6.92 Å². The van der Waals surface area contributed by atoms with Crippen LogP contribution in [0.5, 0.6) is 0 Å². The quantitative estimate of drug-likeness (QED) is 0.883. The van der Waals surface area contributed by atoms with Crippen molar-refractivity contribution in [2.24, 2.45) is 0 Å². The first-order valence-corrected chi connectivity index (χ1v) is 6.98. The Labute approximate surface area is 123 Å². The van der Waals surface area contributed by atoms with E-state index in [1.54, 1.807) is 12.1 Å². The fraction of sp³-hybridized carbons (Fsp3) is 0.250. The topological polar surface area (TPSA) is 20.2 Å². The van der Waals surface area contributed by atoms with Crippen LogP contribution >= 0.6 is 23.2 Å². The van der Waals surface area contributed by atoms with Gasteiger partial charge >= 0.3 is 0 Å². The van der Waals surface area contributed by atoms with Crippen LogP contribution in [0.2, 0.25) is 10.0 Å². The second kappa shape index (κ2) is 6.42. The summed E-state index contributed by atoms with van der Waals surface area (Å²) in [6.45, 7) is 2.05. The number of aliphatic hydroxyl groups is 1. The van der Waals surface area contributed by atoms with Gasteiger partial charge in [-0.05, 0) is 36.6 Å². The molecule has 0 saturated carbocycles. The van der Waals surface area contributed by atoms with E-state index in [9.17, 15) is 5.11 Å². The highest BCUT2D eigenvalue weighted by molar-refractivity contribution is 6.35. The van der Waals surface area contributed by atoms with Crippen molar-refractivity contribution in [3.8, 4) is 0 Å². The average Bonchev–Trinajstić information content (AvgIpc) is 2.36. The van der Waals surface area contributed by atoms with Gasteiger partial charge in [-0.1, -0.05) is 59.1 Å². The fourth-order valence-corrected chi connectivity index (χ4v) is 2.50. The largest absolute Gasteiger partial charge is 0.392 e. The lowest BCUT2D eigenvalue weighted by molar-refractivity contribution is 0.175. The second-order valence-corrected chi connectivity index (χ2v) is 5.63. The molecule has 0 aliphatic heterocycles. The van der Waals surface area contributed by atoms with E-state index < -0.39 is 6.10 Å². The Bertz CT molecular complexity index is 549. The minimum Gasteiger partial charge on any atom is -0.392 e. The zero-order valence-corrected chi connectivity index (χ0v) is 12.2. The monoisotopic (exact) mass is 294 g/mol. The molecule has 2 aromatic carbocycles. The lowest BCUT2D eigenvalue weighted by Crippen LogP contribution is -2.14. The van der Waals surface area contributed by atoms with E-state index >= 15 is 0 Å². The third-order valence-electron chi connectivity index (χ3n) is 3.06. The molecule has 0 amide bonds. The van der Waals surface area contributed by atoms with Crippen LogP contribution in [0.15, 0.2) is 42.5 Å². The predicted molar refractivity (Wildman–Crippen MR) is 81.1 cm³/mol. The van der Waals surface area contributed by atoms with Crippen LogP contribution in [0.3, 0.4) is 0 Å². The number of aliphatic hydroxyl groups excluding tert-OH is 1. The minimum absolute atomic E-state index is 0.443. The Morgan fingerprint density at radius 1 is 1.00 bits per heavy atom. The molecule has 0 bridgehead atoms. The summed E-state index contributed by atoms with van der Waals surface area (Å²) in [5, 5.41) is 11.3. The van der Waals surface area contributed by atoms with E-state index in [0.29, 0.717) is 22.9 Å². The lowest BCUT2D eigenvalue weighted by atomic mass is 10.0. The van der Waals surface area contributed by atoms with Gasteiger partial charge < -0.3 is 5.11 Å². The molecule has 2 rings (SSSR count). The summed E-state index contributed by atoms with van der Waals surface area (Å²) in [4.78, 5) is 0. The van der Waals surface area contributed by atoms with E-state index in [1.807, 2.05) is 25.1 Å². The normalized spacial score (nSPS) is 12.4. The summed E-state index contributed by atoms with van der Waals surface area (Å²) in [7, 11) is 0. The van der Waals surface area contributed by atoms with E-state index in [1.165, 1.54) is 5.56 Å². The number of benzene rings is 2. The van der Waals surface area contributed by atoms with Gasteiger partial charge in [0.15, 0.2) is 0 Å². The molecule has 0 saturated heterocycles. The van der Waals surface area contributed by atoms with Crippen molar-refractivity contribution >= 4 is 23.2 Å². The molecule has 1 unspecified atom stereocenters.